The summed E-state index contributed by atoms with van der Waals surface area (Å²) in [5.41, 5.74) is 1.15. The van der Waals surface area contributed by atoms with Crippen LogP contribution in [-0.4, -0.2) is 27.2 Å². The monoisotopic (exact) mass is 355 g/mol. The molecule has 5 nitrogen and oxygen atoms in total. The molecule has 2 N–H and O–H groups in total. The van der Waals surface area contributed by atoms with Gasteiger partial charge in [0.2, 0.25) is 10.0 Å². The van der Waals surface area contributed by atoms with Crippen LogP contribution in [0.3, 0.4) is 0 Å². The van der Waals surface area contributed by atoms with E-state index in [2.05, 4.69) is 4.72 Å². The number of ether oxygens (including phenoxy) is 1. The number of aryl methyl sites for hydroxylation is 1. The fourth-order valence-corrected chi connectivity index (χ4v) is 3.51. The maximum absolute atomic E-state index is 12.4. The minimum Gasteiger partial charge on any atom is -0.497 e. The number of halogens is 1. The topological polar surface area (TPSA) is 75.6 Å². The number of nitrogens with one attached hydrogen (secondary N) is 1. The highest BCUT2D eigenvalue weighted by atomic mass is 35.5. The van der Waals surface area contributed by atoms with Crippen LogP contribution < -0.4 is 9.46 Å². The van der Waals surface area contributed by atoms with Gasteiger partial charge >= 0.3 is 0 Å². The summed E-state index contributed by atoms with van der Waals surface area (Å²) in [5, 5.41) is 10.6. The third-order valence-electron chi connectivity index (χ3n) is 3.39. The molecular weight excluding hydrogens is 338 g/mol. The van der Waals surface area contributed by atoms with Gasteiger partial charge in [-0.3, -0.25) is 0 Å². The molecule has 0 aliphatic carbocycles. The van der Waals surface area contributed by atoms with Crippen LogP contribution in [0.15, 0.2) is 47.4 Å². The average molecular weight is 356 g/mol. The van der Waals surface area contributed by atoms with E-state index in [1.165, 1.54) is 13.2 Å². The smallest absolute Gasteiger partial charge is 0.240 e. The first-order valence-electron chi connectivity index (χ1n) is 6.91. The Hall–Kier alpha value is -1.60. The van der Waals surface area contributed by atoms with Crippen LogP contribution in [0.4, 0.5) is 0 Å². The zero-order valence-electron chi connectivity index (χ0n) is 12.8. The van der Waals surface area contributed by atoms with Gasteiger partial charge in [-0.25, -0.2) is 13.1 Å². The standard InChI is InChI=1S/C16H18ClNO4S/c1-11-9-14(22-2)7-8-16(11)23(20,21)18-10-15(19)12-3-5-13(17)6-4-12/h3-9,15,18-19H,10H2,1-2H3. The number of hydrogen-bond acceptors (Lipinski definition) is 4. The largest absolute Gasteiger partial charge is 0.497 e. The molecule has 0 bridgehead atoms. The molecule has 124 valence electrons. The fourth-order valence-electron chi connectivity index (χ4n) is 2.12. The van der Waals surface area contributed by atoms with Gasteiger partial charge in [0.1, 0.15) is 5.75 Å². The van der Waals surface area contributed by atoms with Gasteiger partial charge in [-0.15, -0.1) is 0 Å². The molecular formula is C16H18ClNO4S. The minimum absolute atomic E-state index is 0.130. The number of aliphatic hydroxyl groups excluding tert-OH is 1. The van der Waals surface area contributed by atoms with Crippen LogP contribution in [0.1, 0.15) is 17.2 Å². The number of rotatable bonds is 6. The molecule has 0 aliphatic rings. The van der Waals surface area contributed by atoms with Gasteiger partial charge in [0.05, 0.1) is 18.1 Å². The fraction of sp³-hybridized carbons (Fsp3) is 0.250. The van der Waals surface area contributed by atoms with Gasteiger partial charge < -0.3 is 9.84 Å². The van der Waals surface area contributed by atoms with Crippen molar-refractivity contribution < 1.29 is 18.3 Å². The van der Waals surface area contributed by atoms with E-state index in [1.54, 1.807) is 43.3 Å². The molecule has 0 amide bonds. The Kier molecular flexibility index (Phi) is 5.64. The Morgan fingerprint density at radius 1 is 1.22 bits per heavy atom. The van der Waals surface area contributed by atoms with Crippen LogP contribution in [0, 0.1) is 6.92 Å². The summed E-state index contributed by atoms with van der Waals surface area (Å²) in [4.78, 5) is 0.154. The molecule has 0 fully saturated rings. The second-order valence-electron chi connectivity index (χ2n) is 5.05. The Bertz CT molecular complexity index is 775. The Labute approximate surface area is 140 Å². The number of aliphatic hydroxyl groups is 1. The predicted molar refractivity (Wildman–Crippen MR) is 89.3 cm³/mol. The first-order chi connectivity index (χ1) is 10.8. The summed E-state index contributed by atoms with van der Waals surface area (Å²) >= 11 is 5.78. The van der Waals surface area contributed by atoms with E-state index in [9.17, 15) is 13.5 Å². The van der Waals surface area contributed by atoms with Gasteiger partial charge in [-0.1, -0.05) is 23.7 Å². The lowest BCUT2D eigenvalue weighted by molar-refractivity contribution is 0.182. The van der Waals surface area contributed by atoms with Crippen LogP contribution in [0.2, 0.25) is 5.02 Å². The molecule has 0 aliphatic heterocycles. The van der Waals surface area contributed by atoms with E-state index in [4.69, 9.17) is 16.3 Å². The second kappa shape index (κ2) is 7.31. The molecule has 7 heteroatoms. The van der Waals surface area contributed by atoms with E-state index in [0.717, 1.165) is 0 Å². The van der Waals surface area contributed by atoms with Crippen molar-refractivity contribution in [1.29, 1.82) is 0 Å². The van der Waals surface area contributed by atoms with E-state index in [-0.39, 0.29) is 11.4 Å². The number of hydrogen-bond donors (Lipinski definition) is 2. The molecule has 0 radical (unpaired) electrons. The molecule has 23 heavy (non-hydrogen) atoms. The zero-order chi connectivity index (χ0) is 17.0. The summed E-state index contributed by atoms with van der Waals surface area (Å²) in [6, 6.07) is 11.3. The van der Waals surface area contributed by atoms with Crippen LogP contribution >= 0.6 is 11.6 Å². The van der Waals surface area contributed by atoms with Crippen LogP contribution in [0.5, 0.6) is 5.75 Å². The van der Waals surface area contributed by atoms with Crippen molar-refractivity contribution in [3.63, 3.8) is 0 Å². The lowest BCUT2D eigenvalue weighted by atomic mass is 10.1. The molecule has 0 heterocycles. The van der Waals surface area contributed by atoms with Crippen LogP contribution in [0.25, 0.3) is 0 Å². The Balaban J connectivity index is 2.11. The summed E-state index contributed by atoms with van der Waals surface area (Å²) in [5.74, 6) is 0.586. The van der Waals surface area contributed by atoms with Gasteiger partial charge in [0.15, 0.2) is 0 Å². The summed E-state index contributed by atoms with van der Waals surface area (Å²) in [6.45, 7) is 1.56. The van der Waals surface area contributed by atoms with Gasteiger partial charge in [0.25, 0.3) is 0 Å². The van der Waals surface area contributed by atoms with Crippen molar-refractivity contribution in [3.8, 4) is 5.75 Å². The molecule has 2 aromatic carbocycles. The summed E-state index contributed by atoms with van der Waals surface area (Å²) < 4.78 is 32.2. The predicted octanol–water partition coefficient (Wildman–Crippen LogP) is 2.67. The van der Waals surface area contributed by atoms with Crippen molar-refractivity contribution >= 4 is 21.6 Å². The molecule has 2 rings (SSSR count). The lowest BCUT2D eigenvalue weighted by Gasteiger charge is -2.14. The minimum atomic E-state index is -3.72. The zero-order valence-corrected chi connectivity index (χ0v) is 14.4. The van der Waals surface area contributed by atoms with Gasteiger partial charge in [-0.05, 0) is 48.4 Å². The van der Waals surface area contributed by atoms with Crippen molar-refractivity contribution in [2.45, 2.75) is 17.9 Å². The Morgan fingerprint density at radius 2 is 1.87 bits per heavy atom. The maximum Gasteiger partial charge on any atom is 0.240 e. The SMILES string of the molecule is COc1ccc(S(=O)(=O)NCC(O)c2ccc(Cl)cc2)c(C)c1. The lowest BCUT2D eigenvalue weighted by Crippen LogP contribution is -2.29. The van der Waals surface area contributed by atoms with Gasteiger partial charge in [-0.2, -0.15) is 0 Å². The molecule has 2 aromatic rings. The van der Waals surface area contributed by atoms with E-state index < -0.39 is 16.1 Å². The summed E-state index contributed by atoms with van der Waals surface area (Å²) in [7, 11) is -2.20. The molecule has 1 atom stereocenters. The third kappa shape index (κ3) is 4.45. The normalized spacial score (nSPS) is 12.9. The van der Waals surface area contributed by atoms with Crippen molar-refractivity contribution in [2.24, 2.45) is 0 Å². The Morgan fingerprint density at radius 3 is 2.43 bits per heavy atom. The van der Waals surface area contributed by atoms with Crippen molar-refractivity contribution in [2.75, 3.05) is 13.7 Å². The first kappa shape index (κ1) is 17.7. The number of sulfonamides is 1. The molecule has 0 spiro atoms. The van der Waals surface area contributed by atoms with E-state index in [1.807, 2.05) is 0 Å². The molecule has 0 saturated carbocycles. The highest BCUT2D eigenvalue weighted by molar-refractivity contribution is 7.89. The average Bonchev–Trinajstić information content (AvgIpc) is 2.53. The van der Waals surface area contributed by atoms with Gasteiger partial charge in [0, 0.05) is 11.6 Å². The molecule has 1 unspecified atom stereocenters. The van der Waals surface area contributed by atoms with E-state index in [0.29, 0.717) is 21.9 Å². The first-order valence-corrected chi connectivity index (χ1v) is 8.77. The van der Waals surface area contributed by atoms with E-state index >= 15 is 0 Å². The second-order valence-corrected chi connectivity index (χ2v) is 7.22. The quantitative estimate of drug-likeness (QED) is 0.835. The van der Waals surface area contributed by atoms with Crippen molar-refractivity contribution in [3.05, 3.63) is 58.6 Å². The number of methoxy groups -OCH3 is 1. The molecule has 0 saturated heterocycles. The molecule has 0 aromatic heterocycles. The summed E-state index contributed by atoms with van der Waals surface area (Å²) in [6.07, 6.45) is -0.958. The number of benzene rings is 2. The third-order valence-corrected chi connectivity index (χ3v) is 5.23. The maximum atomic E-state index is 12.4. The highest BCUT2D eigenvalue weighted by Crippen LogP contribution is 2.21. The van der Waals surface area contributed by atoms with Crippen LogP contribution in [-0.2, 0) is 10.0 Å². The van der Waals surface area contributed by atoms with Crippen molar-refractivity contribution in [1.82, 2.24) is 4.72 Å². The highest BCUT2D eigenvalue weighted by Gasteiger charge is 2.19.